The first kappa shape index (κ1) is 10.3. The summed E-state index contributed by atoms with van der Waals surface area (Å²) in [5.41, 5.74) is 1.42. The molecule has 12 heavy (non-hydrogen) atoms. The molecule has 1 atom stereocenters. The average Bonchev–Trinajstić information content (AvgIpc) is 2.04. The molecule has 1 aliphatic rings. The molecule has 0 aromatic heterocycles. The Morgan fingerprint density at radius 2 is 2.50 bits per heavy atom. The topological polar surface area (TPSA) is 12.5 Å². The minimum absolute atomic E-state index is 0.304. The molecular formula is C8H13Cl2NO. The highest BCUT2D eigenvalue weighted by atomic mass is 35.5. The van der Waals surface area contributed by atoms with Crippen molar-refractivity contribution in [2.24, 2.45) is 0 Å². The molecule has 0 spiro atoms. The van der Waals surface area contributed by atoms with E-state index in [2.05, 4.69) is 11.8 Å². The summed E-state index contributed by atoms with van der Waals surface area (Å²) in [5, 5.41) is 0.686. The average molecular weight is 210 g/mol. The van der Waals surface area contributed by atoms with Crippen molar-refractivity contribution in [3.8, 4) is 0 Å². The third kappa shape index (κ3) is 3.31. The maximum atomic E-state index is 5.79. The van der Waals surface area contributed by atoms with Crippen LogP contribution in [-0.4, -0.2) is 37.2 Å². The first-order chi connectivity index (χ1) is 5.72. The van der Waals surface area contributed by atoms with Gasteiger partial charge >= 0.3 is 0 Å². The van der Waals surface area contributed by atoms with Gasteiger partial charge in [0.1, 0.15) is 0 Å². The highest BCUT2D eigenvalue weighted by Crippen LogP contribution is 2.10. The summed E-state index contributed by atoms with van der Waals surface area (Å²) in [5.74, 6) is 0. The number of rotatable bonds is 2. The van der Waals surface area contributed by atoms with E-state index in [0.29, 0.717) is 11.1 Å². The largest absolute Gasteiger partial charge is 0.376 e. The van der Waals surface area contributed by atoms with E-state index in [-0.39, 0.29) is 0 Å². The molecule has 1 aliphatic heterocycles. The fraction of sp³-hybridized carbons (Fsp3) is 0.750. The maximum Gasteiger partial charge on any atom is 0.0674 e. The van der Waals surface area contributed by atoms with Crippen LogP contribution >= 0.6 is 23.2 Å². The van der Waals surface area contributed by atoms with Crippen molar-refractivity contribution in [1.82, 2.24) is 4.90 Å². The van der Waals surface area contributed by atoms with Crippen molar-refractivity contribution in [2.75, 3.05) is 26.2 Å². The van der Waals surface area contributed by atoms with E-state index in [0.717, 1.165) is 26.2 Å². The van der Waals surface area contributed by atoms with Gasteiger partial charge in [-0.2, -0.15) is 0 Å². The quantitative estimate of drug-likeness (QED) is 0.691. The Bertz CT molecular complexity index is 172. The van der Waals surface area contributed by atoms with Crippen LogP contribution in [-0.2, 0) is 4.74 Å². The molecule has 1 rings (SSSR count). The second-order valence-corrected chi connectivity index (χ2v) is 3.68. The van der Waals surface area contributed by atoms with Crippen molar-refractivity contribution in [1.29, 1.82) is 0 Å². The summed E-state index contributed by atoms with van der Waals surface area (Å²) in [6.07, 6.45) is 0.304. The highest BCUT2D eigenvalue weighted by Gasteiger charge is 2.16. The third-order valence-electron chi connectivity index (χ3n) is 1.82. The zero-order valence-corrected chi connectivity index (χ0v) is 8.61. The Morgan fingerprint density at radius 1 is 1.75 bits per heavy atom. The smallest absolute Gasteiger partial charge is 0.0674 e. The van der Waals surface area contributed by atoms with Gasteiger partial charge in [0.25, 0.3) is 0 Å². The lowest BCUT2D eigenvalue weighted by atomic mass is 10.3. The van der Waals surface area contributed by atoms with E-state index in [1.54, 1.807) is 0 Å². The summed E-state index contributed by atoms with van der Waals surface area (Å²) >= 11 is 11.2. The molecule has 0 N–H and O–H groups in total. The molecule has 1 saturated heterocycles. The van der Waals surface area contributed by atoms with Crippen LogP contribution in [0.1, 0.15) is 6.92 Å². The second-order valence-electron chi connectivity index (χ2n) is 2.97. The number of nitrogens with zero attached hydrogens (tertiary/aromatic N) is 1. The van der Waals surface area contributed by atoms with Crippen molar-refractivity contribution in [3.05, 3.63) is 10.6 Å². The van der Waals surface area contributed by atoms with E-state index >= 15 is 0 Å². The Morgan fingerprint density at radius 3 is 3.08 bits per heavy atom. The lowest BCUT2D eigenvalue weighted by Gasteiger charge is -2.30. The van der Waals surface area contributed by atoms with Gasteiger partial charge in [-0.15, -0.1) is 0 Å². The van der Waals surface area contributed by atoms with Crippen molar-refractivity contribution in [2.45, 2.75) is 13.0 Å². The number of ether oxygens (including phenoxy) is 1. The maximum absolute atomic E-state index is 5.79. The summed E-state index contributed by atoms with van der Waals surface area (Å²) in [4.78, 5) is 2.23. The lowest BCUT2D eigenvalue weighted by Crippen LogP contribution is -2.41. The second kappa shape index (κ2) is 5.07. The normalized spacial score (nSPS) is 27.6. The molecule has 0 saturated carbocycles. The van der Waals surface area contributed by atoms with Crippen LogP contribution in [0, 0.1) is 0 Å². The minimum atomic E-state index is 0.304. The van der Waals surface area contributed by atoms with Crippen LogP contribution in [0.5, 0.6) is 0 Å². The van der Waals surface area contributed by atoms with Crippen molar-refractivity contribution < 1.29 is 4.74 Å². The summed E-state index contributed by atoms with van der Waals surface area (Å²) in [7, 11) is 0. The van der Waals surface area contributed by atoms with Gasteiger partial charge in [-0.3, -0.25) is 4.90 Å². The zero-order chi connectivity index (χ0) is 8.97. The molecule has 1 heterocycles. The summed E-state index contributed by atoms with van der Waals surface area (Å²) in [6, 6.07) is 0. The Kier molecular flexibility index (Phi) is 4.36. The molecule has 0 aliphatic carbocycles. The van der Waals surface area contributed by atoms with Gasteiger partial charge < -0.3 is 4.74 Å². The first-order valence-electron chi connectivity index (χ1n) is 4.01. The fourth-order valence-electron chi connectivity index (χ4n) is 1.28. The molecule has 0 radical (unpaired) electrons. The van der Waals surface area contributed by atoms with E-state index in [1.165, 1.54) is 5.54 Å². The number of halogens is 2. The molecule has 0 bridgehead atoms. The molecule has 0 aromatic rings. The van der Waals surface area contributed by atoms with E-state index in [1.807, 2.05) is 0 Å². The minimum Gasteiger partial charge on any atom is -0.376 e. The van der Waals surface area contributed by atoms with E-state index < -0.39 is 0 Å². The van der Waals surface area contributed by atoms with Crippen LogP contribution in [0.2, 0.25) is 0 Å². The number of hydrogen-bond donors (Lipinski definition) is 0. The van der Waals surface area contributed by atoms with Crippen molar-refractivity contribution in [3.63, 3.8) is 0 Å². The molecule has 70 valence electrons. The summed E-state index contributed by atoms with van der Waals surface area (Å²) < 4.78 is 5.39. The van der Waals surface area contributed by atoms with Crippen molar-refractivity contribution >= 4 is 23.2 Å². The number of morpholine rings is 1. The van der Waals surface area contributed by atoms with Crippen LogP contribution in [0.3, 0.4) is 0 Å². The zero-order valence-electron chi connectivity index (χ0n) is 7.09. The Labute approximate surface area is 83.1 Å². The van der Waals surface area contributed by atoms with Crippen LogP contribution < -0.4 is 0 Å². The predicted molar refractivity (Wildman–Crippen MR) is 51.6 cm³/mol. The lowest BCUT2D eigenvalue weighted by molar-refractivity contribution is -0.0143. The van der Waals surface area contributed by atoms with Crippen LogP contribution in [0.15, 0.2) is 10.6 Å². The van der Waals surface area contributed by atoms with Gasteiger partial charge in [0, 0.05) is 30.2 Å². The van der Waals surface area contributed by atoms with Crippen LogP contribution in [0.25, 0.3) is 0 Å². The van der Waals surface area contributed by atoms with Gasteiger partial charge in [0.05, 0.1) is 12.7 Å². The molecule has 0 aromatic carbocycles. The monoisotopic (exact) mass is 209 g/mol. The molecular weight excluding hydrogens is 197 g/mol. The van der Waals surface area contributed by atoms with Gasteiger partial charge in [-0.05, 0) is 6.92 Å². The molecule has 2 nitrogen and oxygen atoms in total. The first-order valence-corrected chi connectivity index (χ1v) is 4.82. The fourth-order valence-corrected chi connectivity index (χ4v) is 1.52. The van der Waals surface area contributed by atoms with Gasteiger partial charge in [-0.25, -0.2) is 0 Å². The van der Waals surface area contributed by atoms with E-state index in [9.17, 15) is 0 Å². The standard InChI is InChI=1S/C8H13Cl2NO/c1-7-5-11(2-3-12-7)6-8(10)4-9/h4,7H,2-3,5-6H2,1H3/b8-4-/t7-/m0/s1. The molecule has 4 heteroatoms. The Balaban J connectivity index is 2.32. The molecule has 1 fully saturated rings. The predicted octanol–water partition coefficient (Wildman–Crippen LogP) is 2.03. The highest BCUT2D eigenvalue weighted by molar-refractivity contribution is 6.36. The Hall–Kier alpha value is 0.240. The number of hydrogen-bond acceptors (Lipinski definition) is 2. The summed E-state index contributed by atoms with van der Waals surface area (Å²) in [6.45, 7) is 5.45. The molecule has 0 amide bonds. The van der Waals surface area contributed by atoms with Gasteiger partial charge in [0.15, 0.2) is 0 Å². The third-order valence-corrected chi connectivity index (χ3v) is 2.42. The van der Waals surface area contributed by atoms with Crippen LogP contribution in [0.4, 0.5) is 0 Å². The van der Waals surface area contributed by atoms with Gasteiger partial charge in [-0.1, -0.05) is 23.2 Å². The SMILES string of the molecule is C[C@H]1CN(C/C(Cl)=C/Cl)CCO1. The van der Waals surface area contributed by atoms with Gasteiger partial charge in [0.2, 0.25) is 0 Å². The van der Waals surface area contributed by atoms with E-state index in [4.69, 9.17) is 27.9 Å². The molecule has 0 unspecified atom stereocenters.